The molecule has 1 heterocycles. The molecule has 92 valence electrons. The van der Waals surface area contributed by atoms with Gasteiger partial charge in [-0.1, -0.05) is 13.3 Å². The number of hydrogen-bond acceptors (Lipinski definition) is 5. The van der Waals surface area contributed by atoms with Crippen LogP contribution in [0, 0.1) is 5.92 Å². The lowest BCUT2D eigenvalue weighted by Crippen LogP contribution is -2.27. The topological polar surface area (TPSA) is 69.2 Å². The molecule has 0 amide bonds. The molecule has 1 aromatic rings. The lowest BCUT2D eigenvalue weighted by atomic mass is 9.97. The highest BCUT2D eigenvalue weighted by Gasteiger charge is 2.28. The van der Waals surface area contributed by atoms with Crippen LogP contribution in [0.2, 0.25) is 0 Å². The summed E-state index contributed by atoms with van der Waals surface area (Å²) in [5.41, 5.74) is 0.207. The van der Waals surface area contributed by atoms with Crippen molar-refractivity contribution < 1.29 is 14.3 Å². The summed E-state index contributed by atoms with van der Waals surface area (Å²) in [5, 5.41) is 0. The van der Waals surface area contributed by atoms with Gasteiger partial charge in [0.15, 0.2) is 5.78 Å². The van der Waals surface area contributed by atoms with E-state index in [0.717, 1.165) is 6.42 Å². The Morgan fingerprint density at radius 1 is 1.35 bits per heavy atom. The van der Waals surface area contributed by atoms with Crippen molar-refractivity contribution >= 4 is 11.8 Å². The van der Waals surface area contributed by atoms with Crippen molar-refractivity contribution in [3.05, 3.63) is 24.3 Å². The van der Waals surface area contributed by atoms with Gasteiger partial charge in [0.2, 0.25) is 0 Å². The predicted octanol–water partition coefficient (Wildman–Crippen LogP) is 1.64. The van der Waals surface area contributed by atoms with Gasteiger partial charge in [-0.15, -0.1) is 0 Å². The lowest BCUT2D eigenvalue weighted by Gasteiger charge is -2.12. The molecule has 5 heteroatoms. The Bertz CT molecular complexity index is 379. The first kappa shape index (κ1) is 13.3. The van der Waals surface area contributed by atoms with Crippen LogP contribution in [0.25, 0.3) is 0 Å². The highest BCUT2D eigenvalue weighted by Crippen LogP contribution is 2.14. The molecule has 1 rings (SSSR count). The molecule has 1 atom stereocenters. The Labute approximate surface area is 100 Å². The molecular weight excluding hydrogens is 220 g/mol. The van der Waals surface area contributed by atoms with E-state index in [2.05, 4.69) is 9.97 Å². The molecule has 5 nitrogen and oxygen atoms in total. The minimum Gasteiger partial charge on any atom is -0.465 e. The van der Waals surface area contributed by atoms with E-state index < -0.39 is 11.9 Å². The Kier molecular flexibility index (Phi) is 5.26. The number of rotatable bonds is 6. The molecule has 0 aliphatic carbocycles. The fourth-order valence-corrected chi connectivity index (χ4v) is 1.49. The molecule has 0 saturated carbocycles. The number of hydrogen-bond donors (Lipinski definition) is 0. The van der Waals surface area contributed by atoms with Crippen molar-refractivity contribution in [2.75, 3.05) is 6.61 Å². The quantitative estimate of drug-likeness (QED) is 0.426. The Morgan fingerprint density at radius 2 is 2.12 bits per heavy atom. The highest BCUT2D eigenvalue weighted by atomic mass is 16.5. The number of ketones is 1. The fraction of sp³-hybridized carbons (Fsp3) is 0.500. The molecule has 0 aliphatic heterocycles. The first-order chi connectivity index (χ1) is 8.20. The van der Waals surface area contributed by atoms with Crippen molar-refractivity contribution in [3.63, 3.8) is 0 Å². The van der Waals surface area contributed by atoms with Crippen molar-refractivity contribution in [2.45, 2.75) is 26.7 Å². The van der Waals surface area contributed by atoms with Crippen molar-refractivity contribution in [1.29, 1.82) is 0 Å². The van der Waals surface area contributed by atoms with Gasteiger partial charge in [-0.3, -0.25) is 14.6 Å². The SMILES string of the molecule is CCCC(C(=O)OCC)C(=O)c1cnccn1. The normalized spacial score (nSPS) is 11.9. The van der Waals surface area contributed by atoms with E-state index in [1.54, 1.807) is 6.92 Å². The monoisotopic (exact) mass is 236 g/mol. The fourth-order valence-electron chi connectivity index (χ4n) is 1.49. The number of carbonyl (C=O) groups is 2. The van der Waals surface area contributed by atoms with Crippen LogP contribution in [0.15, 0.2) is 18.6 Å². The van der Waals surface area contributed by atoms with Crippen LogP contribution in [0.5, 0.6) is 0 Å². The summed E-state index contributed by atoms with van der Waals surface area (Å²) in [7, 11) is 0. The third-order valence-electron chi connectivity index (χ3n) is 2.28. The molecule has 0 aliphatic rings. The van der Waals surface area contributed by atoms with Gasteiger partial charge in [-0.05, 0) is 13.3 Å². The van der Waals surface area contributed by atoms with Gasteiger partial charge in [0.25, 0.3) is 0 Å². The van der Waals surface area contributed by atoms with Crippen LogP contribution in [0.4, 0.5) is 0 Å². The number of carbonyl (C=O) groups excluding carboxylic acids is 2. The van der Waals surface area contributed by atoms with E-state index in [9.17, 15) is 9.59 Å². The first-order valence-corrected chi connectivity index (χ1v) is 5.67. The zero-order valence-electron chi connectivity index (χ0n) is 10.0. The van der Waals surface area contributed by atoms with Crippen LogP contribution in [-0.2, 0) is 9.53 Å². The standard InChI is InChI=1S/C12H16N2O3/c1-3-5-9(12(16)17-4-2)11(15)10-8-13-6-7-14-10/h6-9H,3-5H2,1-2H3. The maximum atomic E-state index is 12.0. The van der Waals surface area contributed by atoms with E-state index in [-0.39, 0.29) is 18.1 Å². The van der Waals surface area contributed by atoms with Crippen LogP contribution >= 0.6 is 0 Å². The van der Waals surface area contributed by atoms with Gasteiger partial charge in [-0.25, -0.2) is 4.98 Å². The van der Waals surface area contributed by atoms with Crippen LogP contribution in [0.1, 0.15) is 37.2 Å². The van der Waals surface area contributed by atoms with Crippen molar-refractivity contribution in [1.82, 2.24) is 9.97 Å². The van der Waals surface area contributed by atoms with E-state index in [0.29, 0.717) is 6.42 Å². The van der Waals surface area contributed by atoms with Crippen LogP contribution in [0.3, 0.4) is 0 Å². The summed E-state index contributed by atoms with van der Waals surface area (Å²) in [6.07, 6.45) is 5.48. The van der Waals surface area contributed by atoms with E-state index >= 15 is 0 Å². The summed E-state index contributed by atoms with van der Waals surface area (Å²) < 4.78 is 4.89. The van der Waals surface area contributed by atoms with E-state index in [4.69, 9.17) is 4.74 Å². The number of nitrogens with zero attached hydrogens (tertiary/aromatic N) is 2. The summed E-state index contributed by atoms with van der Waals surface area (Å²) in [6.45, 7) is 3.90. The molecular formula is C12H16N2O3. The molecule has 0 bridgehead atoms. The minimum absolute atomic E-state index is 0.207. The second-order valence-electron chi connectivity index (χ2n) is 3.55. The molecule has 0 saturated heterocycles. The Morgan fingerprint density at radius 3 is 2.65 bits per heavy atom. The maximum absolute atomic E-state index is 12.0. The number of ether oxygens (including phenoxy) is 1. The average molecular weight is 236 g/mol. The number of Topliss-reactive ketones (excluding diaryl/α,β-unsaturated/α-hetero) is 1. The summed E-state index contributed by atoms with van der Waals surface area (Å²) in [5.74, 6) is -1.57. The average Bonchev–Trinajstić information content (AvgIpc) is 2.36. The first-order valence-electron chi connectivity index (χ1n) is 5.67. The summed E-state index contributed by atoms with van der Waals surface area (Å²) >= 11 is 0. The van der Waals surface area contributed by atoms with Crippen LogP contribution < -0.4 is 0 Å². The smallest absolute Gasteiger partial charge is 0.316 e. The van der Waals surface area contributed by atoms with Crippen molar-refractivity contribution in [2.24, 2.45) is 5.92 Å². The molecule has 1 aromatic heterocycles. The summed E-state index contributed by atoms with van der Waals surface area (Å²) in [6, 6.07) is 0. The number of aromatic nitrogens is 2. The number of esters is 1. The second-order valence-corrected chi connectivity index (χ2v) is 3.55. The predicted molar refractivity (Wildman–Crippen MR) is 61.4 cm³/mol. The lowest BCUT2D eigenvalue weighted by molar-refractivity contribution is -0.146. The molecule has 0 spiro atoms. The van der Waals surface area contributed by atoms with Gasteiger partial charge >= 0.3 is 5.97 Å². The highest BCUT2D eigenvalue weighted by molar-refractivity contribution is 6.07. The second kappa shape index (κ2) is 6.73. The zero-order chi connectivity index (χ0) is 12.7. The zero-order valence-corrected chi connectivity index (χ0v) is 10.0. The van der Waals surface area contributed by atoms with E-state index in [1.807, 2.05) is 6.92 Å². The molecule has 17 heavy (non-hydrogen) atoms. The van der Waals surface area contributed by atoms with Crippen LogP contribution in [-0.4, -0.2) is 28.3 Å². The Balaban J connectivity index is 2.84. The van der Waals surface area contributed by atoms with Gasteiger partial charge in [0, 0.05) is 12.4 Å². The molecule has 1 unspecified atom stereocenters. The minimum atomic E-state index is -0.767. The summed E-state index contributed by atoms with van der Waals surface area (Å²) in [4.78, 5) is 31.4. The van der Waals surface area contributed by atoms with Gasteiger partial charge in [0.1, 0.15) is 11.6 Å². The largest absolute Gasteiger partial charge is 0.465 e. The maximum Gasteiger partial charge on any atom is 0.316 e. The van der Waals surface area contributed by atoms with Crippen molar-refractivity contribution in [3.8, 4) is 0 Å². The Hall–Kier alpha value is -1.78. The third-order valence-corrected chi connectivity index (χ3v) is 2.28. The van der Waals surface area contributed by atoms with E-state index in [1.165, 1.54) is 18.6 Å². The van der Waals surface area contributed by atoms with Gasteiger partial charge in [0.05, 0.1) is 12.8 Å². The molecule has 0 aromatic carbocycles. The third kappa shape index (κ3) is 3.62. The molecule has 0 N–H and O–H groups in total. The van der Waals surface area contributed by atoms with Gasteiger partial charge in [-0.2, -0.15) is 0 Å². The molecule has 0 fully saturated rings. The molecule has 0 radical (unpaired) electrons. The van der Waals surface area contributed by atoms with Gasteiger partial charge < -0.3 is 4.74 Å².